The van der Waals surface area contributed by atoms with E-state index >= 15 is 0 Å². The first-order valence-corrected chi connectivity index (χ1v) is 11.2. The van der Waals surface area contributed by atoms with E-state index in [1.165, 1.54) is 18.0 Å². The average molecular weight is 469 g/mol. The van der Waals surface area contributed by atoms with Gasteiger partial charge in [0.1, 0.15) is 0 Å². The maximum Gasteiger partial charge on any atom is 0.250 e. The van der Waals surface area contributed by atoms with Crippen molar-refractivity contribution in [2.24, 2.45) is 5.10 Å². The van der Waals surface area contributed by atoms with E-state index in [9.17, 15) is 4.79 Å². The molecular formula is C23H18Cl2N4OS. The third-order valence-corrected chi connectivity index (χ3v) is 6.15. The number of carbonyl (C=O) groups is 1. The molecule has 3 aromatic carbocycles. The molecule has 31 heavy (non-hydrogen) atoms. The predicted molar refractivity (Wildman–Crippen MR) is 128 cm³/mol. The molecule has 0 bridgehead atoms. The first kappa shape index (κ1) is 21.4. The Hall–Kier alpha value is -2.80. The molecular weight excluding hydrogens is 451 g/mol. The van der Waals surface area contributed by atoms with Crippen molar-refractivity contribution in [3.63, 3.8) is 0 Å². The number of imidazole rings is 1. The van der Waals surface area contributed by atoms with Crippen LogP contribution >= 0.6 is 35.0 Å². The number of rotatable bonds is 7. The van der Waals surface area contributed by atoms with E-state index in [1.807, 2.05) is 42.5 Å². The molecule has 4 rings (SSSR count). The lowest BCUT2D eigenvalue weighted by Gasteiger charge is -2.09. The molecule has 0 aliphatic carbocycles. The maximum absolute atomic E-state index is 12.3. The number of amides is 1. The molecule has 0 unspecified atom stereocenters. The summed E-state index contributed by atoms with van der Waals surface area (Å²) in [6.45, 7) is 0.675. The van der Waals surface area contributed by atoms with Crippen LogP contribution in [-0.2, 0) is 11.3 Å². The Labute approximate surface area is 194 Å². The van der Waals surface area contributed by atoms with E-state index in [-0.39, 0.29) is 11.7 Å². The highest BCUT2D eigenvalue weighted by Gasteiger charge is 2.13. The van der Waals surface area contributed by atoms with Crippen molar-refractivity contribution in [2.45, 2.75) is 11.7 Å². The quantitative estimate of drug-likeness (QED) is 0.217. The third-order valence-electron chi connectivity index (χ3n) is 4.52. The lowest BCUT2D eigenvalue weighted by atomic mass is 10.2. The second-order valence-electron chi connectivity index (χ2n) is 6.67. The molecule has 0 spiro atoms. The summed E-state index contributed by atoms with van der Waals surface area (Å²) in [7, 11) is 0. The van der Waals surface area contributed by atoms with Crippen LogP contribution in [0, 0.1) is 0 Å². The number of halogens is 2. The zero-order valence-corrected chi connectivity index (χ0v) is 18.7. The van der Waals surface area contributed by atoms with E-state index in [1.54, 1.807) is 18.2 Å². The summed E-state index contributed by atoms with van der Waals surface area (Å²) < 4.78 is 2.12. The fraction of sp³-hybridized carbons (Fsp3) is 0.0870. The van der Waals surface area contributed by atoms with Gasteiger partial charge in [-0.3, -0.25) is 4.79 Å². The molecule has 0 radical (unpaired) electrons. The minimum Gasteiger partial charge on any atom is -0.314 e. The van der Waals surface area contributed by atoms with Crippen molar-refractivity contribution in [2.75, 3.05) is 5.75 Å². The Bertz CT molecular complexity index is 1220. The first-order valence-electron chi connectivity index (χ1n) is 9.50. The Morgan fingerprint density at radius 1 is 1.00 bits per heavy atom. The fourth-order valence-electron chi connectivity index (χ4n) is 3.05. The van der Waals surface area contributed by atoms with Gasteiger partial charge < -0.3 is 4.57 Å². The molecule has 0 fully saturated rings. The number of aromatic nitrogens is 2. The predicted octanol–water partition coefficient (Wildman–Crippen LogP) is 5.63. The minimum absolute atomic E-state index is 0.172. The molecule has 0 aliphatic rings. The Morgan fingerprint density at radius 3 is 2.48 bits per heavy atom. The van der Waals surface area contributed by atoms with Gasteiger partial charge in [0.15, 0.2) is 5.16 Å². The molecule has 1 amide bonds. The summed E-state index contributed by atoms with van der Waals surface area (Å²) in [5, 5.41) is 5.68. The Morgan fingerprint density at radius 2 is 1.71 bits per heavy atom. The Kier molecular flexibility index (Phi) is 6.92. The number of nitrogens with one attached hydrogen (secondary N) is 1. The number of thioether (sulfide) groups is 1. The van der Waals surface area contributed by atoms with Gasteiger partial charge in [-0.2, -0.15) is 5.10 Å². The van der Waals surface area contributed by atoms with Crippen LogP contribution in [0.3, 0.4) is 0 Å². The monoisotopic (exact) mass is 468 g/mol. The smallest absolute Gasteiger partial charge is 0.250 e. The fourth-order valence-corrected chi connectivity index (χ4v) is 4.35. The van der Waals surface area contributed by atoms with Crippen molar-refractivity contribution < 1.29 is 4.79 Å². The van der Waals surface area contributed by atoms with Crippen LogP contribution in [0.1, 0.15) is 11.1 Å². The van der Waals surface area contributed by atoms with Gasteiger partial charge in [0, 0.05) is 5.56 Å². The third kappa shape index (κ3) is 5.28. The summed E-state index contributed by atoms with van der Waals surface area (Å²) in [5.74, 6) is -0.0751. The second-order valence-corrected chi connectivity index (χ2v) is 8.43. The van der Waals surface area contributed by atoms with Crippen molar-refractivity contribution in [1.82, 2.24) is 15.0 Å². The lowest BCUT2D eigenvalue weighted by molar-refractivity contribution is -0.118. The highest BCUT2D eigenvalue weighted by Crippen LogP contribution is 2.25. The van der Waals surface area contributed by atoms with E-state index in [4.69, 9.17) is 28.2 Å². The summed E-state index contributed by atoms with van der Waals surface area (Å²) >= 11 is 13.6. The van der Waals surface area contributed by atoms with Crippen molar-refractivity contribution in [1.29, 1.82) is 0 Å². The Balaban J connectivity index is 1.45. The van der Waals surface area contributed by atoms with Crippen LogP contribution in [0.4, 0.5) is 0 Å². The van der Waals surface area contributed by atoms with Gasteiger partial charge in [-0.05, 0) is 29.8 Å². The highest BCUT2D eigenvalue weighted by molar-refractivity contribution is 7.99. The van der Waals surface area contributed by atoms with E-state index in [0.717, 1.165) is 21.8 Å². The van der Waals surface area contributed by atoms with Gasteiger partial charge in [0.2, 0.25) is 0 Å². The number of hydrazone groups is 1. The molecule has 0 saturated heterocycles. The number of para-hydroxylation sites is 2. The summed E-state index contributed by atoms with van der Waals surface area (Å²) in [5.41, 5.74) is 6.16. The van der Waals surface area contributed by atoms with Gasteiger partial charge in [-0.25, -0.2) is 10.4 Å². The summed E-state index contributed by atoms with van der Waals surface area (Å²) in [4.78, 5) is 17.0. The van der Waals surface area contributed by atoms with E-state index < -0.39 is 0 Å². The molecule has 0 saturated carbocycles. The lowest BCUT2D eigenvalue weighted by Crippen LogP contribution is -2.20. The first-order chi connectivity index (χ1) is 15.1. The van der Waals surface area contributed by atoms with Gasteiger partial charge in [-0.1, -0.05) is 83.5 Å². The molecule has 1 N–H and O–H groups in total. The van der Waals surface area contributed by atoms with Gasteiger partial charge in [0.05, 0.1) is 39.6 Å². The van der Waals surface area contributed by atoms with E-state index in [0.29, 0.717) is 22.2 Å². The molecule has 1 aromatic heterocycles. The van der Waals surface area contributed by atoms with Crippen LogP contribution < -0.4 is 5.43 Å². The zero-order valence-electron chi connectivity index (χ0n) is 16.3. The molecule has 0 atom stereocenters. The summed E-state index contributed by atoms with van der Waals surface area (Å²) in [6, 6.07) is 23.3. The van der Waals surface area contributed by atoms with Crippen LogP contribution in [0.15, 0.2) is 83.1 Å². The van der Waals surface area contributed by atoms with Crippen molar-refractivity contribution in [3.8, 4) is 0 Å². The summed E-state index contributed by atoms with van der Waals surface area (Å²) in [6.07, 6.45) is 1.44. The number of carbonyl (C=O) groups excluding carboxylic acids is 1. The van der Waals surface area contributed by atoms with E-state index in [2.05, 4.69) is 27.2 Å². The molecule has 156 valence electrons. The van der Waals surface area contributed by atoms with Crippen molar-refractivity contribution >= 4 is 58.1 Å². The number of hydrogen-bond donors (Lipinski definition) is 1. The highest BCUT2D eigenvalue weighted by atomic mass is 35.5. The molecule has 4 aromatic rings. The van der Waals surface area contributed by atoms with Crippen molar-refractivity contribution in [3.05, 3.63) is 94.0 Å². The maximum atomic E-state index is 12.3. The normalized spacial score (nSPS) is 11.3. The number of fused-ring (bicyclic) bond motifs is 1. The standard InChI is InChI=1S/C23H18Cl2N4OS/c24-18-9-6-10-19(25)17(18)13-26-28-22(30)15-31-23-27-20-11-4-5-12-21(20)29(23)14-16-7-2-1-3-8-16/h1-13H,14-15H2,(H,28,30). The average Bonchev–Trinajstić information content (AvgIpc) is 3.12. The van der Waals surface area contributed by atoms with Gasteiger partial charge >= 0.3 is 0 Å². The van der Waals surface area contributed by atoms with Crippen LogP contribution in [-0.4, -0.2) is 27.4 Å². The molecule has 0 aliphatic heterocycles. The molecule has 5 nitrogen and oxygen atoms in total. The zero-order chi connectivity index (χ0) is 21.6. The number of nitrogens with zero attached hydrogens (tertiary/aromatic N) is 3. The number of hydrogen-bond acceptors (Lipinski definition) is 4. The largest absolute Gasteiger partial charge is 0.314 e. The molecule has 8 heteroatoms. The minimum atomic E-state index is -0.247. The van der Waals surface area contributed by atoms with Gasteiger partial charge in [0.25, 0.3) is 5.91 Å². The number of benzene rings is 3. The topological polar surface area (TPSA) is 59.3 Å². The second kappa shape index (κ2) is 10.0. The van der Waals surface area contributed by atoms with Gasteiger partial charge in [-0.15, -0.1) is 0 Å². The SMILES string of the molecule is O=C(CSc1nc2ccccc2n1Cc1ccccc1)NN=Cc1c(Cl)cccc1Cl. The van der Waals surface area contributed by atoms with Crippen LogP contribution in [0.5, 0.6) is 0 Å². The molecule has 1 heterocycles. The van der Waals surface area contributed by atoms with Crippen LogP contribution in [0.2, 0.25) is 10.0 Å². The van der Waals surface area contributed by atoms with Crippen LogP contribution in [0.25, 0.3) is 11.0 Å².